The van der Waals surface area contributed by atoms with Gasteiger partial charge in [0, 0.05) is 50.1 Å². The van der Waals surface area contributed by atoms with Gasteiger partial charge in [-0.1, -0.05) is 25.0 Å². The molecular formula is C29H33N7O2. The molecular weight excluding hydrogens is 478 g/mol. The lowest BCUT2D eigenvalue weighted by Gasteiger charge is -2.32. The lowest BCUT2D eigenvalue weighted by Crippen LogP contribution is -2.38. The van der Waals surface area contributed by atoms with Crippen molar-refractivity contribution in [3.05, 3.63) is 84.1 Å². The lowest BCUT2D eigenvalue weighted by atomic mass is 9.89. The van der Waals surface area contributed by atoms with Gasteiger partial charge in [0.25, 0.3) is 5.91 Å². The molecule has 38 heavy (non-hydrogen) atoms. The summed E-state index contributed by atoms with van der Waals surface area (Å²) in [6, 6.07) is 14.0. The fourth-order valence-electron chi connectivity index (χ4n) is 5.66. The van der Waals surface area contributed by atoms with Crippen molar-refractivity contribution in [2.24, 2.45) is 0 Å². The van der Waals surface area contributed by atoms with Crippen LogP contribution in [0.15, 0.2) is 67.3 Å². The number of aromatic nitrogens is 4. The van der Waals surface area contributed by atoms with Crippen LogP contribution in [0.3, 0.4) is 0 Å². The van der Waals surface area contributed by atoms with Gasteiger partial charge in [-0.15, -0.1) is 0 Å². The molecule has 9 heteroatoms. The van der Waals surface area contributed by atoms with E-state index >= 15 is 0 Å². The summed E-state index contributed by atoms with van der Waals surface area (Å²) in [4.78, 5) is 31.6. The zero-order valence-corrected chi connectivity index (χ0v) is 21.4. The maximum Gasteiger partial charge on any atom is 0.319 e. The van der Waals surface area contributed by atoms with Crippen LogP contribution < -0.4 is 10.6 Å². The van der Waals surface area contributed by atoms with Crippen molar-refractivity contribution in [3.8, 4) is 0 Å². The van der Waals surface area contributed by atoms with Crippen LogP contribution in [0.1, 0.15) is 72.1 Å². The number of fused-ring (bicyclic) bond motifs is 1. The molecule has 1 aliphatic heterocycles. The smallest absolute Gasteiger partial charge is 0.319 e. The third-order valence-corrected chi connectivity index (χ3v) is 7.86. The van der Waals surface area contributed by atoms with E-state index < -0.39 is 0 Å². The van der Waals surface area contributed by atoms with E-state index in [0.717, 1.165) is 55.7 Å². The first kappa shape index (κ1) is 24.2. The zero-order chi connectivity index (χ0) is 25.9. The molecule has 2 N–H and O–H groups in total. The molecule has 196 valence electrons. The maximum absolute atomic E-state index is 13.0. The van der Waals surface area contributed by atoms with Crippen LogP contribution in [-0.4, -0.2) is 49.1 Å². The molecule has 0 unspecified atom stereocenters. The Morgan fingerprint density at radius 1 is 0.921 bits per heavy atom. The third-order valence-electron chi connectivity index (χ3n) is 7.86. The Balaban J connectivity index is 0.974. The SMILES string of the molecule is O=C(NCc1ccn2ccnc2c1)Nc1ccc(C2CCN(C(=O)c3ccn(C4CCCC4)n3)CC2)cc1. The molecule has 0 spiro atoms. The molecule has 9 nitrogen and oxygen atoms in total. The lowest BCUT2D eigenvalue weighted by molar-refractivity contribution is 0.0705. The number of nitrogens with one attached hydrogen (secondary N) is 2. The van der Waals surface area contributed by atoms with Crippen LogP contribution >= 0.6 is 0 Å². The number of pyridine rings is 1. The van der Waals surface area contributed by atoms with Crippen molar-refractivity contribution in [2.75, 3.05) is 18.4 Å². The van der Waals surface area contributed by atoms with Gasteiger partial charge in [0.15, 0.2) is 0 Å². The van der Waals surface area contributed by atoms with E-state index in [9.17, 15) is 9.59 Å². The molecule has 1 aromatic carbocycles. The summed E-state index contributed by atoms with van der Waals surface area (Å²) >= 11 is 0. The average molecular weight is 512 g/mol. The quantitative estimate of drug-likeness (QED) is 0.381. The third kappa shape index (κ3) is 5.27. The van der Waals surface area contributed by atoms with E-state index in [-0.39, 0.29) is 11.9 Å². The number of likely N-dealkylation sites (tertiary alicyclic amines) is 1. The number of rotatable bonds is 6. The monoisotopic (exact) mass is 511 g/mol. The Bertz CT molecular complexity index is 1410. The Kier molecular flexibility index (Phi) is 6.81. The van der Waals surface area contributed by atoms with Crippen molar-refractivity contribution in [2.45, 2.75) is 57.0 Å². The summed E-state index contributed by atoms with van der Waals surface area (Å²) in [7, 11) is 0. The molecule has 1 saturated heterocycles. The second-order valence-corrected chi connectivity index (χ2v) is 10.3. The molecule has 3 aromatic heterocycles. The number of urea groups is 1. The minimum Gasteiger partial charge on any atom is -0.337 e. The fraction of sp³-hybridized carbons (Fsp3) is 0.379. The summed E-state index contributed by atoms with van der Waals surface area (Å²) in [5.41, 5.74) is 4.39. The van der Waals surface area contributed by atoms with E-state index in [0.29, 0.717) is 24.2 Å². The van der Waals surface area contributed by atoms with Crippen molar-refractivity contribution < 1.29 is 9.59 Å². The van der Waals surface area contributed by atoms with Crippen molar-refractivity contribution in [1.29, 1.82) is 0 Å². The van der Waals surface area contributed by atoms with Gasteiger partial charge in [-0.05, 0) is 73.1 Å². The highest BCUT2D eigenvalue weighted by atomic mass is 16.2. The van der Waals surface area contributed by atoms with E-state index in [1.54, 1.807) is 6.20 Å². The topological polar surface area (TPSA) is 96.6 Å². The van der Waals surface area contributed by atoms with Crippen molar-refractivity contribution in [1.82, 2.24) is 29.4 Å². The number of carbonyl (C=O) groups excluding carboxylic acids is 2. The Morgan fingerprint density at radius 3 is 2.50 bits per heavy atom. The molecule has 2 aliphatic rings. The van der Waals surface area contributed by atoms with E-state index in [1.165, 1.54) is 18.4 Å². The number of anilines is 1. The zero-order valence-electron chi connectivity index (χ0n) is 21.4. The van der Waals surface area contributed by atoms with Crippen LogP contribution in [0.5, 0.6) is 0 Å². The van der Waals surface area contributed by atoms with Gasteiger partial charge in [-0.25, -0.2) is 9.78 Å². The summed E-state index contributed by atoms with van der Waals surface area (Å²) in [5, 5.41) is 10.4. The molecule has 4 heterocycles. The predicted octanol–water partition coefficient (Wildman–Crippen LogP) is 4.99. The molecule has 0 radical (unpaired) electrons. The first-order chi connectivity index (χ1) is 18.6. The maximum atomic E-state index is 13.0. The molecule has 1 saturated carbocycles. The predicted molar refractivity (Wildman–Crippen MR) is 145 cm³/mol. The molecule has 0 atom stereocenters. The van der Waals surface area contributed by atoms with Gasteiger partial charge in [0.05, 0.1) is 6.04 Å². The number of piperidine rings is 1. The van der Waals surface area contributed by atoms with Crippen LogP contribution in [-0.2, 0) is 6.54 Å². The van der Waals surface area contributed by atoms with Gasteiger partial charge >= 0.3 is 6.03 Å². The largest absolute Gasteiger partial charge is 0.337 e. The van der Waals surface area contributed by atoms with Crippen molar-refractivity contribution in [3.63, 3.8) is 0 Å². The normalized spacial score (nSPS) is 16.7. The molecule has 0 bridgehead atoms. The van der Waals surface area contributed by atoms with Gasteiger partial charge in [0.2, 0.25) is 0 Å². The van der Waals surface area contributed by atoms with Gasteiger partial charge in [-0.3, -0.25) is 9.48 Å². The Morgan fingerprint density at radius 2 is 1.71 bits per heavy atom. The first-order valence-electron chi connectivity index (χ1n) is 13.5. The standard InChI is InChI=1S/C29H33N7O2/c37-28(26-12-17-36(33-26)25-3-1-2-4-25)35-15-10-23(11-16-35)22-5-7-24(8-6-22)32-29(38)31-20-21-9-14-34-18-13-30-27(34)19-21/h5-9,12-14,17-19,23,25H,1-4,10-11,15-16,20H2,(H2,31,32,38). The number of nitrogens with zero attached hydrogens (tertiary/aromatic N) is 5. The summed E-state index contributed by atoms with van der Waals surface area (Å²) in [6.07, 6.45) is 14.2. The highest BCUT2D eigenvalue weighted by molar-refractivity contribution is 5.92. The number of amides is 3. The molecule has 4 aromatic rings. The highest BCUT2D eigenvalue weighted by Gasteiger charge is 2.27. The minimum absolute atomic E-state index is 0.0375. The number of hydrogen-bond acceptors (Lipinski definition) is 4. The molecule has 1 aliphatic carbocycles. The Hall–Kier alpha value is -4.14. The second kappa shape index (κ2) is 10.7. The fourth-order valence-corrected chi connectivity index (χ4v) is 5.66. The second-order valence-electron chi connectivity index (χ2n) is 10.3. The highest BCUT2D eigenvalue weighted by Crippen LogP contribution is 2.31. The number of benzene rings is 1. The van der Waals surface area contributed by atoms with Gasteiger partial charge < -0.3 is 19.9 Å². The van der Waals surface area contributed by atoms with E-state index in [4.69, 9.17) is 0 Å². The molecule has 2 fully saturated rings. The Labute approximate surface area is 221 Å². The molecule has 6 rings (SSSR count). The minimum atomic E-state index is -0.247. The number of imidazole rings is 1. The van der Waals surface area contributed by atoms with Crippen LogP contribution in [0.2, 0.25) is 0 Å². The number of hydrogen-bond donors (Lipinski definition) is 2. The first-order valence-corrected chi connectivity index (χ1v) is 13.5. The van der Waals surface area contributed by atoms with Crippen LogP contribution in [0.4, 0.5) is 10.5 Å². The number of carbonyl (C=O) groups is 2. The van der Waals surface area contributed by atoms with Crippen LogP contribution in [0.25, 0.3) is 5.65 Å². The van der Waals surface area contributed by atoms with Gasteiger partial charge in [0.1, 0.15) is 11.3 Å². The molecule has 3 amide bonds. The van der Waals surface area contributed by atoms with E-state index in [1.807, 2.05) is 62.9 Å². The average Bonchev–Trinajstić information content (AvgIpc) is 3.73. The summed E-state index contributed by atoms with van der Waals surface area (Å²) in [6.45, 7) is 1.88. The summed E-state index contributed by atoms with van der Waals surface area (Å²) in [5.74, 6) is 0.436. The summed E-state index contributed by atoms with van der Waals surface area (Å²) < 4.78 is 3.92. The van der Waals surface area contributed by atoms with Crippen LogP contribution in [0, 0.1) is 0 Å². The van der Waals surface area contributed by atoms with Crippen molar-refractivity contribution >= 4 is 23.3 Å². The van der Waals surface area contributed by atoms with E-state index in [2.05, 4.69) is 32.8 Å². The van der Waals surface area contributed by atoms with Gasteiger partial charge in [-0.2, -0.15) is 5.10 Å².